The molecule has 2 rings (SSSR count). The summed E-state index contributed by atoms with van der Waals surface area (Å²) in [4.78, 5) is 0. The van der Waals surface area contributed by atoms with Crippen LogP contribution in [0.5, 0.6) is 5.75 Å². The van der Waals surface area contributed by atoms with E-state index in [9.17, 15) is 0 Å². The van der Waals surface area contributed by atoms with Gasteiger partial charge in [-0.1, -0.05) is 26.2 Å². The van der Waals surface area contributed by atoms with Crippen LogP contribution in [0, 0.1) is 5.92 Å². The van der Waals surface area contributed by atoms with Crippen LogP contribution in [-0.2, 0) is 11.3 Å². The lowest BCUT2D eigenvalue weighted by atomic mass is 9.85. The summed E-state index contributed by atoms with van der Waals surface area (Å²) in [7, 11) is 1.68. The van der Waals surface area contributed by atoms with E-state index in [1.807, 2.05) is 18.2 Å². The Morgan fingerprint density at radius 3 is 2.79 bits per heavy atom. The van der Waals surface area contributed by atoms with Gasteiger partial charge in [-0.3, -0.25) is 0 Å². The molecule has 106 valence electrons. The molecule has 1 aromatic rings. The monoisotopic (exact) mass is 263 g/mol. The maximum Gasteiger partial charge on any atom is 0.124 e. The van der Waals surface area contributed by atoms with Crippen molar-refractivity contribution < 1.29 is 9.47 Å². The Morgan fingerprint density at radius 1 is 1.26 bits per heavy atom. The van der Waals surface area contributed by atoms with E-state index < -0.39 is 0 Å². The molecule has 0 saturated heterocycles. The minimum absolute atomic E-state index is 0.393. The standard InChI is InChI=1S/C16H25NO2/c1-3-12-6-4-5-7-16(12)19-11-13-10-14(17)8-9-15(13)18-2/h8-10,12,16H,3-7,11,17H2,1-2H3. The molecular formula is C16H25NO2. The molecule has 1 saturated carbocycles. The number of nitrogens with two attached hydrogens (primary N) is 1. The van der Waals surface area contributed by atoms with Crippen LogP contribution in [0.25, 0.3) is 0 Å². The van der Waals surface area contributed by atoms with Crippen LogP contribution in [0.15, 0.2) is 18.2 Å². The first-order valence-electron chi connectivity index (χ1n) is 7.28. The maximum absolute atomic E-state index is 6.13. The van der Waals surface area contributed by atoms with E-state index in [4.69, 9.17) is 15.2 Å². The van der Waals surface area contributed by atoms with Gasteiger partial charge >= 0.3 is 0 Å². The van der Waals surface area contributed by atoms with Crippen molar-refractivity contribution in [3.05, 3.63) is 23.8 Å². The zero-order chi connectivity index (χ0) is 13.7. The largest absolute Gasteiger partial charge is 0.496 e. The van der Waals surface area contributed by atoms with Gasteiger partial charge in [0, 0.05) is 11.3 Å². The summed E-state index contributed by atoms with van der Waals surface area (Å²) in [5, 5.41) is 0. The molecule has 0 aromatic heterocycles. The third kappa shape index (κ3) is 3.63. The average molecular weight is 263 g/mol. The minimum Gasteiger partial charge on any atom is -0.496 e. The molecule has 2 atom stereocenters. The Labute approximate surface area is 116 Å². The van der Waals surface area contributed by atoms with Crippen LogP contribution < -0.4 is 10.5 Å². The van der Waals surface area contributed by atoms with Crippen LogP contribution in [0.3, 0.4) is 0 Å². The summed E-state index contributed by atoms with van der Waals surface area (Å²) in [5.74, 6) is 1.57. The molecule has 1 aliphatic carbocycles. The number of anilines is 1. The van der Waals surface area contributed by atoms with Gasteiger partial charge < -0.3 is 15.2 Å². The second-order valence-corrected chi connectivity index (χ2v) is 5.37. The van der Waals surface area contributed by atoms with E-state index in [1.165, 1.54) is 32.1 Å². The lowest BCUT2D eigenvalue weighted by molar-refractivity contribution is -0.0227. The van der Waals surface area contributed by atoms with Gasteiger partial charge in [-0.05, 0) is 37.0 Å². The molecule has 1 fully saturated rings. The molecule has 2 unspecified atom stereocenters. The molecule has 0 spiro atoms. The zero-order valence-corrected chi connectivity index (χ0v) is 12.0. The van der Waals surface area contributed by atoms with Gasteiger partial charge in [0.2, 0.25) is 0 Å². The summed E-state index contributed by atoms with van der Waals surface area (Å²) in [6.07, 6.45) is 6.72. The van der Waals surface area contributed by atoms with Crippen LogP contribution in [0.1, 0.15) is 44.6 Å². The molecule has 3 heteroatoms. The number of hydrogen-bond donors (Lipinski definition) is 1. The smallest absolute Gasteiger partial charge is 0.124 e. The normalized spacial score (nSPS) is 23.3. The van der Waals surface area contributed by atoms with Gasteiger partial charge in [0.05, 0.1) is 19.8 Å². The first-order chi connectivity index (χ1) is 9.24. The molecule has 0 bridgehead atoms. The van der Waals surface area contributed by atoms with Crippen molar-refractivity contribution in [1.82, 2.24) is 0 Å². The van der Waals surface area contributed by atoms with Crippen molar-refractivity contribution in [2.75, 3.05) is 12.8 Å². The highest BCUT2D eigenvalue weighted by Crippen LogP contribution is 2.31. The van der Waals surface area contributed by atoms with Crippen molar-refractivity contribution in [3.8, 4) is 5.75 Å². The van der Waals surface area contributed by atoms with E-state index in [0.717, 1.165) is 17.0 Å². The molecule has 0 heterocycles. The van der Waals surface area contributed by atoms with E-state index in [1.54, 1.807) is 7.11 Å². The lowest BCUT2D eigenvalue weighted by Gasteiger charge is -2.31. The topological polar surface area (TPSA) is 44.5 Å². The number of nitrogen functional groups attached to an aromatic ring is 1. The fraction of sp³-hybridized carbons (Fsp3) is 0.625. The number of rotatable bonds is 5. The van der Waals surface area contributed by atoms with Gasteiger partial charge in [-0.2, -0.15) is 0 Å². The van der Waals surface area contributed by atoms with Gasteiger partial charge in [0.1, 0.15) is 5.75 Å². The van der Waals surface area contributed by atoms with Crippen LogP contribution >= 0.6 is 0 Å². The first-order valence-corrected chi connectivity index (χ1v) is 7.28. The fourth-order valence-electron chi connectivity index (χ4n) is 2.97. The number of ether oxygens (including phenoxy) is 2. The highest BCUT2D eigenvalue weighted by atomic mass is 16.5. The summed E-state index contributed by atoms with van der Waals surface area (Å²) >= 11 is 0. The molecule has 0 radical (unpaired) electrons. The first kappa shape index (κ1) is 14.2. The quantitative estimate of drug-likeness (QED) is 0.823. The van der Waals surface area contributed by atoms with E-state index in [2.05, 4.69) is 6.92 Å². The number of hydrogen-bond acceptors (Lipinski definition) is 3. The Kier molecular flexibility index (Phi) is 5.08. The highest BCUT2D eigenvalue weighted by Gasteiger charge is 2.24. The molecule has 3 nitrogen and oxygen atoms in total. The molecule has 0 amide bonds. The van der Waals surface area contributed by atoms with Crippen LogP contribution in [-0.4, -0.2) is 13.2 Å². The van der Waals surface area contributed by atoms with Crippen molar-refractivity contribution in [2.24, 2.45) is 5.92 Å². The summed E-state index contributed by atoms with van der Waals surface area (Å²) in [5.41, 5.74) is 7.64. The van der Waals surface area contributed by atoms with Crippen molar-refractivity contribution in [1.29, 1.82) is 0 Å². The van der Waals surface area contributed by atoms with Crippen LogP contribution in [0.4, 0.5) is 5.69 Å². The predicted molar refractivity (Wildman–Crippen MR) is 78.2 cm³/mol. The summed E-state index contributed by atoms with van der Waals surface area (Å²) in [6.45, 7) is 2.85. The second kappa shape index (κ2) is 6.80. The van der Waals surface area contributed by atoms with Crippen molar-refractivity contribution >= 4 is 5.69 Å². The molecule has 2 N–H and O–H groups in total. The predicted octanol–water partition coefficient (Wildman–Crippen LogP) is 3.76. The highest BCUT2D eigenvalue weighted by molar-refractivity contribution is 5.47. The van der Waals surface area contributed by atoms with Gasteiger partial charge in [-0.15, -0.1) is 0 Å². The molecule has 1 aliphatic rings. The Morgan fingerprint density at radius 2 is 2.05 bits per heavy atom. The van der Waals surface area contributed by atoms with Gasteiger partial charge in [-0.25, -0.2) is 0 Å². The maximum atomic E-state index is 6.13. The Bertz CT molecular complexity index is 406. The molecule has 0 aliphatic heterocycles. The summed E-state index contributed by atoms with van der Waals surface area (Å²) in [6, 6.07) is 5.71. The van der Waals surface area contributed by atoms with Gasteiger partial charge in [0.25, 0.3) is 0 Å². The third-order valence-electron chi connectivity index (χ3n) is 4.12. The Balaban J connectivity index is 1.99. The van der Waals surface area contributed by atoms with Crippen LogP contribution in [0.2, 0.25) is 0 Å². The van der Waals surface area contributed by atoms with E-state index in [0.29, 0.717) is 18.6 Å². The second-order valence-electron chi connectivity index (χ2n) is 5.37. The molecule has 19 heavy (non-hydrogen) atoms. The number of benzene rings is 1. The Hall–Kier alpha value is -1.22. The average Bonchev–Trinajstić information content (AvgIpc) is 2.45. The van der Waals surface area contributed by atoms with E-state index in [-0.39, 0.29) is 0 Å². The minimum atomic E-state index is 0.393. The van der Waals surface area contributed by atoms with Crippen molar-refractivity contribution in [3.63, 3.8) is 0 Å². The number of methoxy groups -OCH3 is 1. The third-order valence-corrected chi connectivity index (χ3v) is 4.12. The van der Waals surface area contributed by atoms with Gasteiger partial charge in [0.15, 0.2) is 0 Å². The lowest BCUT2D eigenvalue weighted by Crippen LogP contribution is -2.27. The molecule has 1 aromatic carbocycles. The van der Waals surface area contributed by atoms with E-state index >= 15 is 0 Å². The fourth-order valence-corrected chi connectivity index (χ4v) is 2.97. The zero-order valence-electron chi connectivity index (χ0n) is 12.0. The SMILES string of the molecule is CCC1CCCCC1OCc1cc(N)ccc1OC. The summed E-state index contributed by atoms with van der Waals surface area (Å²) < 4.78 is 11.5. The van der Waals surface area contributed by atoms with Crippen molar-refractivity contribution in [2.45, 2.75) is 51.7 Å². The molecular weight excluding hydrogens is 238 g/mol.